The van der Waals surface area contributed by atoms with Crippen LogP contribution in [0.15, 0.2) is 0 Å². The van der Waals surface area contributed by atoms with E-state index < -0.39 is 11.6 Å². The van der Waals surface area contributed by atoms with Crippen molar-refractivity contribution in [3.8, 4) is 0 Å². The summed E-state index contributed by atoms with van der Waals surface area (Å²) in [4.78, 5) is 0. The van der Waals surface area contributed by atoms with E-state index in [-0.39, 0.29) is 30.0 Å². The highest BCUT2D eigenvalue weighted by Gasteiger charge is 2.56. The van der Waals surface area contributed by atoms with Gasteiger partial charge in [-0.1, -0.05) is 20.8 Å². The van der Waals surface area contributed by atoms with Crippen molar-refractivity contribution in [3.63, 3.8) is 0 Å². The number of hydrogen-bond acceptors (Lipinski definition) is 6. The van der Waals surface area contributed by atoms with Crippen molar-refractivity contribution in [2.24, 2.45) is 16.7 Å². The molecule has 6 nitrogen and oxygen atoms in total. The van der Waals surface area contributed by atoms with Crippen molar-refractivity contribution in [3.05, 3.63) is 0 Å². The molecule has 2 aliphatic heterocycles. The van der Waals surface area contributed by atoms with Gasteiger partial charge in [0.15, 0.2) is 11.6 Å². The maximum Gasteiger partial charge on any atom is 0.171 e. The normalized spacial score (nSPS) is 48.1. The molecule has 1 atom stereocenters. The van der Waals surface area contributed by atoms with E-state index in [0.29, 0.717) is 26.4 Å². The third-order valence-corrected chi connectivity index (χ3v) is 6.92. The van der Waals surface area contributed by atoms with E-state index in [1.165, 1.54) is 0 Å². The van der Waals surface area contributed by atoms with E-state index in [0.717, 1.165) is 32.1 Å². The molecule has 1 saturated carbocycles. The van der Waals surface area contributed by atoms with E-state index in [1.54, 1.807) is 0 Å². The molecule has 25 heavy (non-hydrogen) atoms. The van der Waals surface area contributed by atoms with Crippen LogP contribution in [-0.2, 0) is 18.9 Å². The molecule has 3 rings (SSSR count). The summed E-state index contributed by atoms with van der Waals surface area (Å²) in [5.41, 5.74) is -0.552. The minimum Gasteiger partial charge on any atom is -0.396 e. The summed E-state index contributed by atoms with van der Waals surface area (Å²) in [7, 11) is 0. The zero-order valence-electron chi connectivity index (χ0n) is 15.9. The van der Waals surface area contributed by atoms with Crippen LogP contribution in [0.25, 0.3) is 0 Å². The van der Waals surface area contributed by atoms with Crippen LogP contribution in [0.5, 0.6) is 0 Å². The van der Waals surface area contributed by atoms with Crippen LogP contribution in [0.1, 0.15) is 52.9 Å². The Labute approximate surface area is 150 Å². The molecule has 0 radical (unpaired) electrons. The van der Waals surface area contributed by atoms with Gasteiger partial charge < -0.3 is 29.2 Å². The minimum atomic E-state index is -0.595. The van der Waals surface area contributed by atoms with Crippen LogP contribution < -0.4 is 0 Å². The van der Waals surface area contributed by atoms with Gasteiger partial charge >= 0.3 is 0 Å². The third-order valence-electron chi connectivity index (χ3n) is 6.92. The quantitative estimate of drug-likeness (QED) is 0.801. The molecule has 0 aromatic carbocycles. The summed E-state index contributed by atoms with van der Waals surface area (Å²) in [5, 5.41) is 19.3. The summed E-state index contributed by atoms with van der Waals surface area (Å²) in [6.07, 6.45) is 3.84. The van der Waals surface area contributed by atoms with Crippen LogP contribution in [-0.4, -0.2) is 61.4 Å². The largest absolute Gasteiger partial charge is 0.396 e. The molecule has 0 aromatic heterocycles. The zero-order valence-corrected chi connectivity index (χ0v) is 15.9. The van der Waals surface area contributed by atoms with Crippen molar-refractivity contribution in [2.45, 2.75) is 64.4 Å². The molecule has 2 saturated heterocycles. The van der Waals surface area contributed by atoms with Crippen molar-refractivity contribution in [1.29, 1.82) is 0 Å². The molecule has 1 aliphatic carbocycles. The van der Waals surface area contributed by atoms with Gasteiger partial charge in [0.25, 0.3) is 0 Å². The molecule has 146 valence electrons. The Morgan fingerprint density at radius 3 is 1.68 bits per heavy atom. The van der Waals surface area contributed by atoms with Crippen LogP contribution >= 0.6 is 0 Å². The summed E-state index contributed by atoms with van der Waals surface area (Å²) in [6, 6.07) is 0. The van der Waals surface area contributed by atoms with Crippen molar-refractivity contribution in [2.75, 3.05) is 39.6 Å². The van der Waals surface area contributed by atoms with E-state index in [4.69, 9.17) is 18.9 Å². The van der Waals surface area contributed by atoms with E-state index in [1.807, 2.05) is 0 Å². The minimum absolute atomic E-state index is 0.0877. The lowest BCUT2D eigenvalue weighted by Gasteiger charge is -2.55. The number of aliphatic hydroxyl groups excluding tert-OH is 2. The molecular formula is C19H34O6. The molecule has 6 heteroatoms. The Kier molecular flexibility index (Phi) is 5.51. The first-order chi connectivity index (χ1) is 11.9. The van der Waals surface area contributed by atoms with Gasteiger partial charge in [0.1, 0.15) is 0 Å². The highest BCUT2D eigenvalue weighted by Crippen LogP contribution is 2.50. The first kappa shape index (κ1) is 19.5. The van der Waals surface area contributed by atoms with Gasteiger partial charge in [0.2, 0.25) is 0 Å². The average Bonchev–Trinajstić information content (AvgIpc) is 2.67. The Hall–Kier alpha value is -0.240. The SMILES string of the molecule is CCC1(CO)COC2(CCC3(OCC(CC)(CO)CO3)C(C)C2)OC1. The van der Waals surface area contributed by atoms with Gasteiger partial charge in [-0.25, -0.2) is 0 Å². The molecule has 1 unspecified atom stereocenters. The van der Waals surface area contributed by atoms with Crippen LogP contribution in [0.2, 0.25) is 0 Å². The van der Waals surface area contributed by atoms with Gasteiger partial charge in [-0.2, -0.15) is 0 Å². The molecule has 3 aliphatic rings. The fourth-order valence-electron chi connectivity index (χ4n) is 4.13. The van der Waals surface area contributed by atoms with E-state index in [9.17, 15) is 10.2 Å². The van der Waals surface area contributed by atoms with Crippen LogP contribution in [0.3, 0.4) is 0 Å². The van der Waals surface area contributed by atoms with E-state index in [2.05, 4.69) is 20.8 Å². The highest BCUT2D eigenvalue weighted by molar-refractivity contribution is 4.96. The topological polar surface area (TPSA) is 77.4 Å². The molecular weight excluding hydrogens is 324 g/mol. The summed E-state index contributed by atoms with van der Waals surface area (Å²) < 4.78 is 24.7. The molecule has 2 N–H and O–H groups in total. The van der Waals surface area contributed by atoms with Crippen LogP contribution in [0.4, 0.5) is 0 Å². The molecule has 3 fully saturated rings. The van der Waals surface area contributed by atoms with Gasteiger partial charge in [0, 0.05) is 36.0 Å². The predicted octanol–water partition coefficient (Wildman–Crippen LogP) is 2.07. The first-order valence-corrected chi connectivity index (χ1v) is 9.68. The summed E-state index contributed by atoms with van der Waals surface area (Å²) >= 11 is 0. The lowest BCUT2D eigenvalue weighted by molar-refractivity contribution is -0.386. The fourth-order valence-corrected chi connectivity index (χ4v) is 4.13. The maximum absolute atomic E-state index is 9.67. The first-order valence-electron chi connectivity index (χ1n) is 9.68. The molecule has 2 spiro atoms. The van der Waals surface area contributed by atoms with Crippen molar-refractivity contribution < 1.29 is 29.2 Å². The second-order valence-corrected chi connectivity index (χ2v) is 8.51. The highest BCUT2D eigenvalue weighted by atomic mass is 16.7. The summed E-state index contributed by atoms with van der Waals surface area (Å²) in [6.45, 7) is 8.55. The maximum atomic E-state index is 9.67. The molecule has 2 heterocycles. The zero-order chi connectivity index (χ0) is 18.2. The van der Waals surface area contributed by atoms with Gasteiger partial charge in [-0.05, 0) is 12.8 Å². The second kappa shape index (κ2) is 7.06. The molecule has 0 aromatic rings. The van der Waals surface area contributed by atoms with Gasteiger partial charge in [0.05, 0.1) is 39.6 Å². The molecule has 0 amide bonds. The summed E-state index contributed by atoms with van der Waals surface area (Å²) in [5.74, 6) is -1.04. The van der Waals surface area contributed by atoms with Gasteiger partial charge in [-0.15, -0.1) is 0 Å². The van der Waals surface area contributed by atoms with Crippen molar-refractivity contribution in [1.82, 2.24) is 0 Å². The van der Waals surface area contributed by atoms with E-state index >= 15 is 0 Å². The second-order valence-electron chi connectivity index (χ2n) is 8.51. The predicted molar refractivity (Wildman–Crippen MR) is 91.9 cm³/mol. The monoisotopic (exact) mass is 358 g/mol. The third kappa shape index (κ3) is 3.37. The Balaban J connectivity index is 1.62. The number of hydrogen-bond donors (Lipinski definition) is 2. The number of aliphatic hydroxyl groups is 2. The standard InChI is InChI=1S/C19H34O6/c1-4-16(9-20)11-22-18(23-12-16)6-7-19(15(3)8-18)24-13-17(5-2,10-21)14-25-19/h15,20-21H,4-14H2,1-3H3. The number of rotatable bonds is 4. The fraction of sp³-hybridized carbons (Fsp3) is 1.00. The lowest BCUT2D eigenvalue weighted by atomic mass is 9.77. The van der Waals surface area contributed by atoms with Crippen molar-refractivity contribution >= 4 is 0 Å². The van der Waals surface area contributed by atoms with Crippen LogP contribution in [0, 0.1) is 16.7 Å². The van der Waals surface area contributed by atoms with Gasteiger partial charge in [-0.3, -0.25) is 0 Å². The lowest BCUT2D eigenvalue weighted by Crippen LogP contribution is -2.61. The number of ether oxygens (including phenoxy) is 4. The Bertz CT molecular complexity index is 437. The molecule has 0 bridgehead atoms. The average molecular weight is 358 g/mol. The Morgan fingerprint density at radius 2 is 1.28 bits per heavy atom. The Morgan fingerprint density at radius 1 is 0.800 bits per heavy atom. The smallest absolute Gasteiger partial charge is 0.171 e.